The molecular formula is C48H93NO3. The number of amides is 1. The third-order valence-electron chi connectivity index (χ3n) is 10.9. The van der Waals surface area contributed by atoms with E-state index in [0.29, 0.717) is 6.42 Å². The van der Waals surface area contributed by atoms with Crippen molar-refractivity contribution in [2.24, 2.45) is 0 Å². The van der Waals surface area contributed by atoms with Crippen LogP contribution < -0.4 is 5.32 Å². The zero-order valence-corrected chi connectivity index (χ0v) is 35.3. The standard InChI is InChI=1S/C48H93NO3/c1-3-5-7-9-11-13-15-16-17-18-19-20-21-22-23-24-25-26-27-28-29-30-31-32-34-36-38-40-42-44-48(52)49-46(45-50)47(51)43-41-39-37-35-33-14-12-10-8-6-4-2/h18-19,41,43,46-47,50-51H,3-17,20-40,42,44-45H2,1-2H3,(H,49,52)/b19-18-,43-41+. The number of rotatable bonds is 43. The number of aliphatic hydroxyl groups is 2. The Labute approximate surface area is 326 Å². The lowest BCUT2D eigenvalue weighted by Crippen LogP contribution is -2.45. The molecule has 0 aromatic rings. The molecule has 0 aliphatic carbocycles. The van der Waals surface area contributed by atoms with Gasteiger partial charge in [-0.25, -0.2) is 0 Å². The van der Waals surface area contributed by atoms with Gasteiger partial charge in [-0.2, -0.15) is 0 Å². The number of aliphatic hydroxyl groups excluding tert-OH is 2. The first-order valence-corrected chi connectivity index (χ1v) is 23.6. The van der Waals surface area contributed by atoms with Crippen molar-refractivity contribution < 1.29 is 15.0 Å². The van der Waals surface area contributed by atoms with Crippen molar-refractivity contribution in [2.45, 2.75) is 270 Å². The Hall–Kier alpha value is -1.13. The zero-order valence-electron chi connectivity index (χ0n) is 35.3. The molecule has 0 aromatic heterocycles. The van der Waals surface area contributed by atoms with Crippen LogP contribution in [0.5, 0.6) is 0 Å². The molecule has 0 aliphatic heterocycles. The van der Waals surface area contributed by atoms with Crippen LogP contribution in [0.3, 0.4) is 0 Å². The molecule has 0 fully saturated rings. The first-order chi connectivity index (χ1) is 25.7. The quantitative estimate of drug-likeness (QED) is 0.0432. The van der Waals surface area contributed by atoms with Crippen molar-refractivity contribution in [1.29, 1.82) is 0 Å². The maximum absolute atomic E-state index is 12.4. The first-order valence-electron chi connectivity index (χ1n) is 23.6. The van der Waals surface area contributed by atoms with E-state index in [1.165, 1.54) is 212 Å². The van der Waals surface area contributed by atoms with Crippen LogP contribution in [-0.4, -0.2) is 34.9 Å². The summed E-state index contributed by atoms with van der Waals surface area (Å²) in [4.78, 5) is 12.4. The number of hydrogen-bond donors (Lipinski definition) is 3. The van der Waals surface area contributed by atoms with Gasteiger partial charge in [-0.15, -0.1) is 0 Å². The number of carbonyl (C=O) groups is 1. The Morgan fingerprint density at radius 3 is 1.06 bits per heavy atom. The van der Waals surface area contributed by atoms with Crippen molar-refractivity contribution in [3.63, 3.8) is 0 Å². The summed E-state index contributed by atoms with van der Waals surface area (Å²) < 4.78 is 0. The predicted octanol–water partition coefficient (Wildman–Crippen LogP) is 14.8. The van der Waals surface area contributed by atoms with E-state index >= 15 is 0 Å². The lowest BCUT2D eigenvalue weighted by atomic mass is 10.0. The Kier molecular flexibility index (Phi) is 43.3. The minimum atomic E-state index is -0.834. The number of carbonyl (C=O) groups excluding carboxylic acids is 1. The summed E-state index contributed by atoms with van der Waals surface area (Å²) in [6.07, 6.45) is 57.4. The van der Waals surface area contributed by atoms with Crippen LogP contribution >= 0.6 is 0 Å². The molecule has 0 saturated heterocycles. The summed E-state index contributed by atoms with van der Waals surface area (Å²) in [6, 6.07) is -0.617. The van der Waals surface area contributed by atoms with Gasteiger partial charge in [0.25, 0.3) is 0 Å². The van der Waals surface area contributed by atoms with Crippen molar-refractivity contribution in [1.82, 2.24) is 5.32 Å². The molecule has 308 valence electrons. The van der Waals surface area contributed by atoms with Crippen LogP contribution in [0.25, 0.3) is 0 Å². The largest absolute Gasteiger partial charge is 0.394 e. The van der Waals surface area contributed by atoms with Gasteiger partial charge in [-0.3, -0.25) is 4.79 Å². The van der Waals surface area contributed by atoms with Gasteiger partial charge in [0.1, 0.15) is 0 Å². The molecule has 3 N–H and O–H groups in total. The van der Waals surface area contributed by atoms with Crippen LogP contribution in [0, 0.1) is 0 Å². The molecule has 0 heterocycles. The van der Waals surface area contributed by atoms with E-state index in [2.05, 4.69) is 31.3 Å². The highest BCUT2D eigenvalue weighted by molar-refractivity contribution is 5.76. The zero-order chi connectivity index (χ0) is 37.8. The van der Waals surface area contributed by atoms with Crippen LogP contribution in [0.2, 0.25) is 0 Å². The molecule has 0 rings (SSSR count). The van der Waals surface area contributed by atoms with E-state index < -0.39 is 12.1 Å². The summed E-state index contributed by atoms with van der Waals surface area (Å²) in [5.41, 5.74) is 0. The molecule has 4 nitrogen and oxygen atoms in total. The van der Waals surface area contributed by atoms with E-state index in [4.69, 9.17) is 0 Å². The third kappa shape index (κ3) is 40.1. The summed E-state index contributed by atoms with van der Waals surface area (Å²) in [5, 5.41) is 22.9. The van der Waals surface area contributed by atoms with Crippen LogP contribution in [0.1, 0.15) is 258 Å². The minimum absolute atomic E-state index is 0.0619. The summed E-state index contributed by atoms with van der Waals surface area (Å²) in [7, 11) is 0. The lowest BCUT2D eigenvalue weighted by Gasteiger charge is -2.20. The molecule has 0 aliphatic rings. The minimum Gasteiger partial charge on any atom is -0.394 e. The molecule has 0 saturated carbocycles. The first kappa shape index (κ1) is 50.9. The maximum atomic E-state index is 12.4. The molecule has 2 atom stereocenters. The average Bonchev–Trinajstić information content (AvgIpc) is 3.15. The van der Waals surface area contributed by atoms with Crippen molar-refractivity contribution in [2.75, 3.05) is 6.61 Å². The van der Waals surface area contributed by atoms with Crippen molar-refractivity contribution in [3.8, 4) is 0 Å². The van der Waals surface area contributed by atoms with Gasteiger partial charge in [0.2, 0.25) is 5.91 Å². The summed E-state index contributed by atoms with van der Waals surface area (Å²) >= 11 is 0. The number of allylic oxidation sites excluding steroid dienone is 3. The van der Waals surface area contributed by atoms with Crippen LogP contribution in [0.15, 0.2) is 24.3 Å². The highest BCUT2D eigenvalue weighted by Gasteiger charge is 2.17. The molecule has 4 heteroatoms. The maximum Gasteiger partial charge on any atom is 0.220 e. The Morgan fingerprint density at radius 2 is 0.731 bits per heavy atom. The highest BCUT2D eigenvalue weighted by atomic mass is 16.3. The average molecular weight is 732 g/mol. The number of hydrogen-bond acceptors (Lipinski definition) is 3. The van der Waals surface area contributed by atoms with E-state index in [1.54, 1.807) is 6.08 Å². The second-order valence-electron chi connectivity index (χ2n) is 16.2. The van der Waals surface area contributed by atoms with E-state index in [9.17, 15) is 15.0 Å². The SMILES string of the molecule is CCCCCCCCCC/C=C\CCCCCCCCCCCCCCCCCCCC(=O)NC(CO)C(O)/C=C/CCCCCCCCCCC. The predicted molar refractivity (Wildman–Crippen MR) is 230 cm³/mol. The Bertz CT molecular complexity index is 750. The van der Waals surface area contributed by atoms with Gasteiger partial charge < -0.3 is 15.5 Å². The van der Waals surface area contributed by atoms with E-state index in [-0.39, 0.29) is 12.5 Å². The lowest BCUT2D eigenvalue weighted by molar-refractivity contribution is -0.123. The second kappa shape index (κ2) is 44.3. The van der Waals surface area contributed by atoms with Crippen molar-refractivity contribution in [3.05, 3.63) is 24.3 Å². The number of unbranched alkanes of at least 4 members (excludes halogenated alkanes) is 34. The summed E-state index contributed by atoms with van der Waals surface area (Å²) in [5.74, 6) is -0.0619. The van der Waals surface area contributed by atoms with Gasteiger partial charge in [0.15, 0.2) is 0 Å². The third-order valence-corrected chi connectivity index (χ3v) is 10.9. The van der Waals surface area contributed by atoms with E-state index in [1.807, 2.05) is 6.08 Å². The van der Waals surface area contributed by atoms with Crippen molar-refractivity contribution >= 4 is 5.91 Å². The Balaban J connectivity index is 3.43. The van der Waals surface area contributed by atoms with Crippen LogP contribution in [0.4, 0.5) is 0 Å². The van der Waals surface area contributed by atoms with Gasteiger partial charge in [-0.1, -0.05) is 231 Å². The molecule has 0 aromatic carbocycles. The fraction of sp³-hybridized carbons (Fsp3) is 0.896. The fourth-order valence-electron chi connectivity index (χ4n) is 7.29. The Morgan fingerprint density at radius 1 is 0.442 bits per heavy atom. The highest BCUT2D eigenvalue weighted by Crippen LogP contribution is 2.16. The summed E-state index contributed by atoms with van der Waals surface area (Å²) in [6.45, 7) is 4.31. The second-order valence-corrected chi connectivity index (χ2v) is 16.2. The molecule has 0 bridgehead atoms. The fourth-order valence-corrected chi connectivity index (χ4v) is 7.29. The van der Waals surface area contributed by atoms with Gasteiger partial charge in [0.05, 0.1) is 18.8 Å². The monoisotopic (exact) mass is 732 g/mol. The molecule has 0 radical (unpaired) electrons. The van der Waals surface area contributed by atoms with E-state index in [0.717, 1.165) is 25.7 Å². The van der Waals surface area contributed by atoms with Gasteiger partial charge in [0, 0.05) is 6.42 Å². The molecule has 2 unspecified atom stereocenters. The molecule has 0 spiro atoms. The normalized spacial score (nSPS) is 13.1. The molecule has 52 heavy (non-hydrogen) atoms. The topological polar surface area (TPSA) is 69.6 Å². The van der Waals surface area contributed by atoms with Crippen LogP contribution in [-0.2, 0) is 4.79 Å². The molecular weight excluding hydrogens is 639 g/mol. The molecule has 1 amide bonds. The van der Waals surface area contributed by atoms with Gasteiger partial charge >= 0.3 is 0 Å². The van der Waals surface area contributed by atoms with Gasteiger partial charge in [-0.05, 0) is 44.9 Å². The smallest absolute Gasteiger partial charge is 0.220 e. The number of nitrogens with one attached hydrogen (secondary N) is 1.